The predicted octanol–water partition coefficient (Wildman–Crippen LogP) is -11.2. The molecule has 1 aliphatic rings. The van der Waals surface area contributed by atoms with Gasteiger partial charge >= 0.3 is 59.1 Å². The van der Waals surface area contributed by atoms with Crippen LogP contribution in [-0.4, -0.2) is 69.7 Å². The molecule has 0 saturated carbocycles. The summed E-state index contributed by atoms with van der Waals surface area (Å²) in [4.78, 5) is 31.9. The van der Waals surface area contributed by atoms with Gasteiger partial charge in [-0.25, -0.2) is 0 Å². The van der Waals surface area contributed by atoms with Crippen LogP contribution in [0.5, 0.6) is 0 Å². The summed E-state index contributed by atoms with van der Waals surface area (Å²) in [6.45, 7) is -0.674. The molecule has 13 heteroatoms. The molecule has 1 heterocycles. The molecule has 1 amide bonds. The van der Waals surface area contributed by atoms with Crippen molar-refractivity contribution < 1.29 is 103 Å². The van der Waals surface area contributed by atoms with Gasteiger partial charge in [0.25, 0.3) is 0 Å². The third kappa shape index (κ3) is 7.69. The van der Waals surface area contributed by atoms with Gasteiger partial charge in [-0.2, -0.15) is 0 Å². The topological polar surface area (TPSA) is 182 Å². The second-order valence-electron chi connectivity index (χ2n) is 4.09. The van der Waals surface area contributed by atoms with E-state index >= 15 is 0 Å². The summed E-state index contributed by atoms with van der Waals surface area (Å²) in [7, 11) is -5.08. The third-order valence-electron chi connectivity index (χ3n) is 2.57. The Hall–Kier alpha value is 1.42. The number of hydrogen-bond acceptors (Lipinski definition) is 9. The molecule has 1 rings (SSSR count). The zero-order valence-corrected chi connectivity index (χ0v) is 16.5. The Balaban J connectivity index is 0. The molecule has 0 aromatic rings. The maximum absolute atomic E-state index is 11.2. The van der Waals surface area contributed by atoms with Gasteiger partial charge in [-0.05, 0) is 0 Å². The van der Waals surface area contributed by atoms with E-state index in [1.165, 1.54) is 0 Å². The summed E-state index contributed by atoms with van der Waals surface area (Å²) in [5.41, 5.74) is 0. The molecule has 0 aromatic heterocycles. The Morgan fingerprint density at radius 3 is 2.14 bits per heavy atom. The molecule has 5 atom stereocenters. The molecule has 0 aliphatic carbocycles. The van der Waals surface area contributed by atoms with Gasteiger partial charge in [0.15, 0.2) is 6.29 Å². The van der Waals surface area contributed by atoms with E-state index < -0.39 is 56.9 Å². The summed E-state index contributed by atoms with van der Waals surface area (Å²) in [5, 5.41) is 39.2. The van der Waals surface area contributed by atoms with Crippen molar-refractivity contribution >= 4 is 13.5 Å². The summed E-state index contributed by atoms with van der Waals surface area (Å²) in [5.74, 6) is -1.24. The predicted molar refractivity (Wildman–Crippen MR) is 54.4 cm³/mol. The van der Waals surface area contributed by atoms with Gasteiger partial charge in [-0.1, -0.05) is 7.60 Å². The van der Waals surface area contributed by atoms with Crippen molar-refractivity contribution in [1.29, 1.82) is 0 Å². The van der Waals surface area contributed by atoms with Crippen LogP contribution in [0, 0.1) is 0 Å². The Labute approximate surface area is 164 Å². The molecular formula is C8H14NNa2O9P. The van der Waals surface area contributed by atoms with Gasteiger partial charge in [0.05, 0.1) is 12.8 Å². The first-order valence-electron chi connectivity index (χ1n) is 5.26. The summed E-state index contributed by atoms with van der Waals surface area (Å²) in [6.07, 6.45) is -7.64. The van der Waals surface area contributed by atoms with Crippen molar-refractivity contribution in [2.24, 2.45) is 0 Å². The molecule has 0 radical (unpaired) electrons. The minimum absolute atomic E-state index is 0. The van der Waals surface area contributed by atoms with Crippen molar-refractivity contribution in [2.45, 2.75) is 30.6 Å². The zero-order chi connectivity index (χ0) is 14.8. The largest absolute Gasteiger partial charge is 1.00 e. The zero-order valence-electron chi connectivity index (χ0n) is 11.6. The molecule has 5 unspecified atom stereocenters. The van der Waals surface area contributed by atoms with Crippen LogP contribution in [0.1, 0.15) is 0 Å². The molecular weight excluding hydrogens is 331 g/mol. The SMILES string of the molecule is O=C(CP(=O)([O-])[O-])NC1C(O)OC(CO)C(O)C1O.[Na+].[Na+]. The maximum Gasteiger partial charge on any atom is 1.00 e. The minimum atomic E-state index is -5.08. The average molecular weight is 345 g/mol. The number of amides is 1. The first-order chi connectivity index (χ1) is 8.65. The van der Waals surface area contributed by atoms with Crippen molar-refractivity contribution in [3.05, 3.63) is 0 Å². The van der Waals surface area contributed by atoms with Crippen LogP contribution in [0.25, 0.3) is 0 Å². The van der Waals surface area contributed by atoms with E-state index in [0.717, 1.165) is 0 Å². The van der Waals surface area contributed by atoms with Crippen LogP contribution in [0.4, 0.5) is 0 Å². The Kier molecular flexibility index (Phi) is 12.1. The number of hydrogen-bond donors (Lipinski definition) is 5. The van der Waals surface area contributed by atoms with E-state index in [9.17, 15) is 34.5 Å². The number of ether oxygens (including phenoxy) is 1. The Morgan fingerprint density at radius 1 is 1.19 bits per heavy atom. The average Bonchev–Trinajstić information content (AvgIpc) is 2.27. The molecule has 0 aromatic carbocycles. The fraction of sp³-hybridized carbons (Fsp3) is 0.875. The third-order valence-corrected chi connectivity index (χ3v) is 3.24. The number of carbonyl (C=O) groups is 1. The number of nitrogens with one attached hydrogen (secondary N) is 1. The molecule has 21 heavy (non-hydrogen) atoms. The fourth-order valence-corrected chi connectivity index (χ4v) is 2.10. The van der Waals surface area contributed by atoms with Gasteiger partial charge in [0, 0.05) is 0 Å². The molecule has 1 saturated heterocycles. The molecule has 0 bridgehead atoms. The van der Waals surface area contributed by atoms with Crippen molar-refractivity contribution in [2.75, 3.05) is 12.8 Å². The van der Waals surface area contributed by atoms with Gasteiger partial charge in [0.2, 0.25) is 5.91 Å². The van der Waals surface area contributed by atoms with E-state index in [2.05, 4.69) is 0 Å². The number of carbonyl (C=O) groups excluding carboxylic acids is 1. The standard InChI is InChI=1S/C8H16NO9P.2Na/c10-1-3-6(12)7(13)5(8(14)18-3)9-4(11)2-19(15,16)17;;/h3,5-8,10,12-14H,1-2H2,(H,9,11)(H2,15,16,17);;/q;2*+1/p-2. The van der Waals surface area contributed by atoms with E-state index in [1.807, 2.05) is 5.32 Å². The minimum Gasteiger partial charge on any atom is -0.810 e. The molecule has 10 nitrogen and oxygen atoms in total. The van der Waals surface area contributed by atoms with Gasteiger partial charge in [-0.3, -0.25) is 4.79 Å². The van der Waals surface area contributed by atoms with Crippen LogP contribution < -0.4 is 74.2 Å². The maximum atomic E-state index is 11.2. The number of aliphatic hydroxyl groups is 4. The molecule has 5 N–H and O–H groups in total. The second kappa shape index (κ2) is 10.3. The van der Waals surface area contributed by atoms with E-state index in [1.54, 1.807) is 0 Å². The first-order valence-corrected chi connectivity index (χ1v) is 6.99. The summed E-state index contributed by atoms with van der Waals surface area (Å²) in [6, 6.07) is -1.52. The molecule has 0 spiro atoms. The van der Waals surface area contributed by atoms with Crippen LogP contribution in [0.2, 0.25) is 0 Å². The van der Waals surface area contributed by atoms with Gasteiger partial charge in [-0.15, -0.1) is 0 Å². The van der Waals surface area contributed by atoms with Gasteiger partial charge in [0.1, 0.15) is 24.4 Å². The summed E-state index contributed by atoms with van der Waals surface area (Å²) < 4.78 is 15.1. The van der Waals surface area contributed by atoms with E-state index in [0.29, 0.717) is 0 Å². The van der Waals surface area contributed by atoms with Gasteiger partial charge < -0.3 is 44.8 Å². The quantitative estimate of drug-likeness (QED) is 0.244. The van der Waals surface area contributed by atoms with Crippen molar-refractivity contribution in [3.8, 4) is 0 Å². The first kappa shape index (κ1) is 24.7. The normalized spacial score (nSPS) is 32.6. The van der Waals surface area contributed by atoms with Crippen LogP contribution in [-0.2, 0) is 14.1 Å². The fourth-order valence-electron chi connectivity index (χ4n) is 1.66. The molecule has 1 aliphatic heterocycles. The second-order valence-corrected chi connectivity index (χ2v) is 5.63. The van der Waals surface area contributed by atoms with Crippen molar-refractivity contribution in [1.82, 2.24) is 5.32 Å². The molecule has 1 fully saturated rings. The van der Waals surface area contributed by atoms with E-state index in [-0.39, 0.29) is 59.1 Å². The molecule has 112 valence electrons. The van der Waals surface area contributed by atoms with E-state index in [4.69, 9.17) is 9.84 Å². The van der Waals surface area contributed by atoms with Crippen LogP contribution >= 0.6 is 7.60 Å². The number of aliphatic hydroxyl groups excluding tert-OH is 4. The smallest absolute Gasteiger partial charge is 0.810 e. The van der Waals surface area contributed by atoms with Crippen molar-refractivity contribution in [3.63, 3.8) is 0 Å². The van der Waals surface area contributed by atoms with Crippen LogP contribution in [0.15, 0.2) is 0 Å². The Morgan fingerprint density at radius 2 is 1.71 bits per heavy atom. The number of rotatable bonds is 4. The Bertz CT molecular complexity index is 381. The van der Waals surface area contributed by atoms with Crippen LogP contribution in [0.3, 0.4) is 0 Å². The summed E-state index contributed by atoms with van der Waals surface area (Å²) >= 11 is 0. The monoisotopic (exact) mass is 345 g/mol.